The summed E-state index contributed by atoms with van der Waals surface area (Å²) in [6.45, 7) is 1.94. The van der Waals surface area contributed by atoms with Crippen molar-refractivity contribution < 1.29 is 24.2 Å². The number of para-hydroxylation sites is 1. The highest BCUT2D eigenvalue weighted by molar-refractivity contribution is 6.04. The number of hydrogen-bond acceptors (Lipinski definition) is 5. The molecular formula is C16H19NO5. The van der Waals surface area contributed by atoms with Crippen molar-refractivity contribution in [3.63, 3.8) is 0 Å². The second-order valence-corrected chi connectivity index (χ2v) is 5.19. The number of ketones is 1. The molecule has 6 heteroatoms. The number of carboxylic acids is 1. The molecule has 0 aliphatic heterocycles. The first kappa shape index (κ1) is 16.0. The van der Waals surface area contributed by atoms with E-state index >= 15 is 0 Å². The lowest BCUT2D eigenvalue weighted by molar-refractivity contribution is -0.153. The summed E-state index contributed by atoms with van der Waals surface area (Å²) in [5.41, 5.74) is 0.492. The molecule has 0 amide bonds. The van der Waals surface area contributed by atoms with Gasteiger partial charge in [0.2, 0.25) is 0 Å². The van der Waals surface area contributed by atoms with E-state index in [4.69, 9.17) is 4.74 Å². The molecule has 1 aromatic carbocycles. The fourth-order valence-electron chi connectivity index (χ4n) is 2.66. The zero-order valence-corrected chi connectivity index (χ0v) is 12.4. The molecule has 118 valence electrons. The summed E-state index contributed by atoms with van der Waals surface area (Å²) in [7, 11) is 0. The number of anilines is 1. The van der Waals surface area contributed by atoms with Crippen molar-refractivity contribution in [2.24, 2.45) is 5.92 Å². The number of ether oxygens (including phenoxy) is 1. The van der Waals surface area contributed by atoms with Crippen molar-refractivity contribution in [2.45, 2.75) is 32.2 Å². The van der Waals surface area contributed by atoms with Crippen LogP contribution in [0.4, 0.5) is 5.69 Å². The zero-order chi connectivity index (χ0) is 16.1. The molecule has 1 saturated carbocycles. The van der Waals surface area contributed by atoms with E-state index in [1.54, 1.807) is 25.1 Å². The summed E-state index contributed by atoms with van der Waals surface area (Å²) in [5.74, 6) is -2.55. The first-order chi connectivity index (χ1) is 10.5. The molecule has 0 spiro atoms. The Labute approximate surface area is 128 Å². The first-order valence-corrected chi connectivity index (χ1v) is 7.33. The molecule has 2 rings (SSSR count). The highest BCUT2D eigenvalue weighted by atomic mass is 16.5. The number of carbonyl (C=O) groups excluding carboxylic acids is 2. The maximum atomic E-state index is 12.4. The summed E-state index contributed by atoms with van der Waals surface area (Å²) >= 11 is 0. The normalized spacial score (nSPS) is 21.2. The van der Waals surface area contributed by atoms with Crippen LogP contribution in [-0.4, -0.2) is 35.5 Å². The van der Waals surface area contributed by atoms with E-state index in [1.165, 1.54) is 6.07 Å². The zero-order valence-electron chi connectivity index (χ0n) is 12.4. The molecule has 1 aliphatic rings. The van der Waals surface area contributed by atoms with Crippen LogP contribution in [-0.2, 0) is 14.3 Å². The molecule has 1 aliphatic carbocycles. The minimum Gasteiger partial charge on any atom is -0.478 e. The second-order valence-electron chi connectivity index (χ2n) is 5.19. The number of rotatable bonds is 5. The van der Waals surface area contributed by atoms with Crippen LogP contribution in [0.1, 0.15) is 36.5 Å². The number of esters is 1. The van der Waals surface area contributed by atoms with Gasteiger partial charge in [0.15, 0.2) is 5.78 Å². The van der Waals surface area contributed by atoms with E-state index in [0.717, 1.165) is 0 Å². The van der Waals surface area contributed by atoms with Gasteiger partial charge in [0.05, 0.1) is 18.2 Å². The molecule has 0 saturated heterocycles. The number of nitrogens with one attached hydrogen (secondary N) is 1. The molecule has 2 N–H and O–H groups in total. The van der Waals surface area contributed by atoms with Gasteiger partial charge < -0.3 is 15.2 Å². The van der Waals surface area contributed by atoms with Crippen molar-refractivity contribution in [1.82, 2.24) is 0 Å². The molecule has 6 nitrogen and oxygen atoms in total. The molecule has 22 heavy (non-hydrogen) atoms. The number of benzene rings is 1. The quantitative estimate of drug-likeness (QED) is 0.639. The number of Topliss-reactive ketones (excluding diaryl/α,β-unsaturated/α-hetero) is 1. The third-order valence-electron chi connectivity index (χ3n) is 3.73. The van der Waals surface area contributed by atoms with Gasteiger partial charge >= 0.3 is 11.9 Å². The highest BCUT2D eigenvalue weighted by Gasteiger charge is 2.37. The molecule has 2 atom stereocenters. The summed E-state index contributed by atoms with van der Waals surface area (Å²) in [4.78, 5) is 35.4. The van der Waals surface area contributed by atoms with Gasteiger partial charge in [-0.15, -0.1) is 0 Å². The van der Waals surface area contributed by atoms with Gasteiger partial charge in [-0.3, -0.25) is 9.59 Å². The average Bonchev–Trinajstić information content (AvgIpc) is 2.50. The molecule has 0 aromatic heterocycles. The van der Waals surface area contributed by atoms with Crippen molar-refractivity contribution in [2.75, 3.05) is 11.9 Å². The Morgan fingerprint density at radius 3 is 2.73 bits per heavy atom. The topological polar surface area (TPSA) is 92.7 Å². The minimum absolute atomic E-state index is 0.105. The van der Waals surface area contributed by atoms with Gasteiger partial charge in [-0.25, -0.2) is 4.79 Å². The largest absolute Gasteiger partial charge is 0.478 e. The van der Waals surface area contributed by atoms with E-state index in [9.17, 15) is 19.5 Å². The Bertz CT molecular complexity index is 584. The van der Waals surface area contributed by atoms with Crippen LogP contribution in [0.5, 0.6) is 0 Å². The molecular weight excluding hydrogens is 286 g/mol. The lowest BCUT2D eigenvalue weighted by Crippen LogP contribution is -2.42. The van der Waals surface area contributed by atoms with Gasteiger partial charge in [-0.2, -0.15) is 0 Å². The molecule has 0 heterocycles. The first-order valence-electron chi connectivity index (χ1n) is 7.33. The van der Waals surface area contributed by atoms with Gasteiger partial charge in [0.1, 0.15) is 5.92 Å². The summed E-state index contributed by atoms with van der Waals surface area (Å²) in [6.07, 6.45) is 1.77. The van der Waals surface area contributed by atoms with Crippen LogP contribution < -0.4 is 5.32 Å². The van der Waals surface area contributed by atoms with E-state index < -0.39 is 23.9 Å². The second kappa shape index (κ2) is 7.06. The van der Waals surface area contributed by atoms with Crippen molar-refractivity contribution in [3.8, 4) is 0 Å². The molecule has 0 unspecified atom stereocenters. The van der Waals surface area contributed by atoms with Gasteiger partial charge in [0.25, 0.3) is 0 Å². The van der Waals surface area contributed by atoms with Crippen LogP contribution in [0.2, 0.25) is 0 Å². The third-order valence-corrected chi connectivity index (χ3v) is 3.73. The van der Waals surface area contributed by atoms with Crippen LogP contribution in [0.15, 0.2) is 24.3 Å². The predicted molar refractivity (Wildman–Crippen MR) is 79.8 cm³/mol. The number of hydrogen-bond donors (Lipinski definition) is 2. The number of carboxylic acid groups (broad SMARTS) is 1. The molecule has 0 radical (unpaired) electrons. The van der Waals surface area contributed by atoms with Crippen LogP contribution in [0, 0.1) is 5.92 Å². The van der Waals surface area contributed by atoms with E-state index in [-0.39, 0.29) is 18.0 Å². The lowest BCUT2D eigenvalue weighted by atomic mass is 9.84. The Morgan fingerprint density at radius 2 is 2.05 bits per heavy atom. The Kier molecular flexibility index (Phi) is 5.14. The highest BCUT2D eigenvalue weighted by Crippen LogP contribution is 2.26. The smallest absolute Gasteiger partial charge is 0.337 e. The Morgan fingerprint density at radius 1 is 1.32 bits per heavy atom. The third kappa shape index (κ3) is 3.44. The van der Waals surface area contributed by atoms with E-state index in [2.05, 4.69) is 5.32 Å². The molecule has 1 aromatic rings. The van der Waals surface area contributed by atoms with Gasteiger partial charge in [-0.05, 0) is 38.3 Å². The molecule has 0 bridgehead atoms. The van der Waals surface area contributed by atoms with Gasteiger partial charge in [-0.1, -0.05) is 12.1 Å². The summed E-state index contributed by atoms with van der Waals surface area (Å²) < 4.78 is 4.93. The van der Waals surface area contributed by atoms with Crippen LogP contribution >= 0.6 is 0 Å². The Balaban J connectivity index is 2.14. The van der Waals surface area contributed by atoms with Crippen LogP contribution in [0.3, 0.4) is 0 Å². The van der Waals surface area contributed by atoms with Gasteiger partial charge in [0, 0.05) is 5.69 Å². The predicted octanol–water partition coefficient (Wildman–Crippen LogP) is 2.10. The van der Waals surface area contributed by atoms with E-state index in [0.29, 0.717) is 24.9 Å². The standard InChI is InChI=1S/C16H19NO5/c1-2-22-16(21)11-7-5-9-13(14(11)18)17-12-8-4-3-6-10(12)15(19)20/h3-4,6,8,11,13,17H,2,5,7,9H2,1H3,(H,19,20)/t11-,13+/m1/s1. The average molecular weight is 305 g/mol. The maximum absolute atomic E-state index is 12.4. The summed E-state index contributed by atoms with van der Waals surface area (Å²) in [6, 6.07) is 5.85. The SMILES string of the molecule is CCOC(=O)[C@@H]1CCC[C@H](Nc2ccccc2C(=O)O)C1=O. The van der Waals surface area contributed by atoms with Crippen molar-refractivity contribution >= 4 is 23.4 Å². The van der Waals surface area contributed by atoms with Crippen molar-refractivity contribution in [3.05, 3.63) is 29.8 Å². The molecule has 1 fully saturated rings. The lowest BCUT2D eigenvalue weighted by Gasteiger charge is -2.28. The number of aromatic carboxylic acids is 1. The maximum Gasteiger partial charge on any atom is 0.337 e. The van der Waals surface area contributed by atoms with E-state index in [1.807, 2.05) is 0 Å². The fraction of sp³-hybridized carbons (Fsp3) is 0.438. The fourth-order valence-corrected chi connectivity index (χ4v) is 2.66. The number of carbonyl (C=O) groups is 3. The monoisotopic (exact) mass is 305 g/mol. The summed E-state index contributed by atoms with van der Waals surface area (Å²) in [5, 5.41) is 12.1. The van der Waals surface area contributed by atoms with Crippen molar-refractivity contribution in [1.29, 1.82) is 0 Å². The minimum atomic E-state index is -1.06. The Hall–Kier alpha value is -2.37. The van der Waals surface area contributed by atoms with Crippen LogP contribution in [0.25, 0.3) is 0 Å².